The van der Waals surface area contributed by atoms with E-state index in [0.29, 0.717) is 12.1 Å². The minimum absolute atomic E-state index is 0.367. The number of nitrogens with one attached hydrogen (secondary N) is 1. The van der Waals surface area contributed by atoms with Crippen LogP contribution in [-0.2, 0) is 0 Å². The van der Waals surface area contributed by atoms with E-state index in [1.54, 1.807) is 0 Å². The van der Waals surface area contributed by atoms with Gasteiger partial charge < -0.3 is 10.2 Å². The van der Waals surface area contributed by atoms with E-state index in [2.05, 4.69) is 48.1 Å². The molecule has 1 fully saturated rings. The number of aromatic nitrogens is 1. The third-order valence-corrected chi connectivity index (χ3v) is 3.78. The van der Waals surface area contributed by atoms with Crippen molar-refractivity contribution in [2.24, 2.45) is 5.92 Å². The molecule has 0 bridgehead atoms. The van der Waals surface area contributed by atoms with Crippen molar-refractivity contribution in [3.8, 4) is 0 Å². The summed E-state index contributed by atoms with van der Waals surface area (Å²) >= 11 is 0. The summed E-state index contributed by atoms with van der Waals surface area (Å²) in [6, 6.07) is 5.31. The molecule has 2 rings (SSSR count). The van der Waals surface area contributed by atoms with Crippen LogP contribution in [0.3, 0.4) is 0 Å². The van der Waals surface area contributed by atoms with Crippen LogP contribution >= 0.6 is 0 Å². The molecule has 1 aromatic rings. The van der Waals surface area contributed by atoms with Crippen molar-refractivity contribution >= 4 is 5.82 Å². The molecular formula is C14H23N3. The van der Waals surface area contributed by atoms with E-state index < -0.39 is 0 Å². The van der Waals surface area contributed by atoms with Gasteiger partial charge in [0.25, 0.3) is 0 Å². The molecule has 1 aromatic heterocycles. The number of hydrogen-bond acceptors (Lipinski definition) is 3. The lowest BCUT2D eigenvalue weighted by Gasteiger charge is -2.23. The van der Waals surface area contributed by atoms with Gasteiger partial charge in [-0.1, -0.05) is 13.0 Å². The van der Waals surface area contributed by atoms with Crippen molar-refractivity contribution in [1.29, 1.82) is 0 Å². The maximum Gasteiger partial charge on any atom is 0.128 e. The zero-order valence-electron chi connectivity index (χ0n) is 11.3. The van der Waals surface area contributed by atoms with Crippen LogP contribution < -0.4 is 10.2 Å². The average molecular weight is 233 g/mol. The minimum atomic E-state index is 0.367. The quantitative estimate of drug-likeness (QED) is 0.870. The van der Waals surface area contributed by atoms with Crippen LogP contribution in [0.1, 0.15) is 38.8 Å². The zero-order chi connectivity index (χ0) is 12.4. The second-order valence-corrected chi connectivity index (χ2v) is 5.30. The zero-order valence-corrected chi connectivity index (χ0v) is 11.3. The lowest BCUT2D eigenvalue weighted by atomic mass is 10.1. The highest BCUT2D eigenvalue weighted by Crippen LogP contribution is 2.27. The van der Waals surface area contributed by atoms with Gasteiger partial charge in [-0.3, -0.25) is 0 Å². The van der Waals surface area contributed by atoms with Gasteiger partial charge in [-0.25, -0.2) is 4.98 Å². The number of anilines is 1. The highest BCUT2D eigenvalue weighted by molar-refractivity contribution is 5.42. The van der Waals surface area contributed by atoms with E-state index in [9.17, 15) is 0 Å². The SMILES string of the molecule is CNC(C)c1ccc(N2CC(C)CC2C)nc1. The standard InChI is InChI=1S/C14H23N3/c1-10-7-11(2)17(9-10)14-6-5-13(8-16-14)12(3)15-4/h5-6,8,10-12,15H,7,9H2,1-4H3. The predicted octanol–water partition coefficient (Wildman–Crippen LogP) is 2.60. The van der Waals surface area contributed by atoms with Crippen molar-refractivity contribution < 1.29 is 0 Å². The molecule has 1 saturated heterocycles. The summed E-state index contributed by atoms with van der Waals surface area (Å²) < 4.78 is 0. The Morgan fingerprint density at radius 2 is 2.18 bits per heavy atom. The summed E-state index contributed by atoms with van der Waals surface area (Å²) in [6.07, 6.45) is 3.27. The van der Waals surface area contributed by atoms with Crippen LogP contribution in [0.15, 0.2) is 18.3 Å². The van der Waals surface area contributed by atoms with Crippen LogP contribution in [0, 0.1) is 5.92 Å². The molecule has 94 valence electrons. The van der Waals surface area contributed by atoms with Gasteiger partial charge in [0.05, 0.1) is 0 Å². The topological polar surface area (TPSA) is 28.2 Å². The lowest BCUT2D eigenvalue weighted by Crippen LogP contribution is -2.27. The van der Waals surface area contributed by atoms with E-state index >= 15 is 0 Å². The Kier molecular flexibility index (Phi) is 3.67. The molecule has 3 unspecified atom stereocenters. The smallest absolute Gasteiger partial charge is 0.128 e. The molecule has 1 aliphatic heterocycles. The molecule has 0 amide bonds. The summed E-state index contributed by atoms with van der Waals surface area (Å²) in [5.41, 5.74) is 1.25. The number of pyridine rings is 1. The fourth-order valence-electron chi connectivity index (χ4n) is 2.61. The van der Waals surface area contributed by atoms with Crippen molar-refractivity contribution in [3.05, 3.63) is 23.9 Å². The Hall–Kier alpha value is -1.09. The first-order valence-corrected chi connectivity index (χ1v) is 6.51. The molecule has 0 saturated carbocycles. The van der Waals surface area contributed by atoms with E-state index in [1.165, 1.54) is 12.0 Å². The van der Waals surface area contributed by atoms with Crippen LogP contribution in [0.5, 0.6) is 0 Å². The first kappa shape index (κ1) is 12.4. The molecular weight excluding hydrogens is 210 g/mol. The summed E-state index contributed by atoms with van der Waals surface area (Å²) in [7, 11) is 1.98. The van der Waals surface area contributed by atoms with Crippen LogP contribution in [0.4, 0.5) is 5.82 Å². The first-order valence-electron chi connectivity index (χ1n) is 6.51. The second-order valence-electron chi connectivity index (χ2n) is 5.30. The Balaban J connectivity index is 2.13. The van der Waals surface area contributed by atoms with E-state index in [0.717, 1.165) is 18.3 Å². The molecule has 1 aliphatic rings. The fourth-order valence-corrected chi connectivity index (χ4v) is 2.61. The third kappa shape index (κ3) is 2.60. The molecule has 17 heavy (non-hydrogen) atoms. The van der Waals surface area contributed by atoms with Crippen molar-refractivity contribution in [3.63, 3.8) is 0 Å². The second kappa shape index (κ2) is 5.05. The lowest BCUT2D eigenvalue weighted by molar-refractivity contribution is 0.625. The maximum atomic E-state index is 4.60. The Morgan fingerprint density at radius 3 is 2.65 bits per heavy atom. The highest BCUT2D eigenvalue weighted by atomic mass is 15.2. The van der Waals surface area contributed by atoms with E-state index in [1.807, 2.05) is 13.2 Å². The summed E-state index contributed by atoms with van der Waals surface area (Å²) in [5.74, 6) is 1.90. The number of rotatable bonds is 3. The van der Waals surface area contributed by atoms with E-state index in [4.69, 9.17) is 0 Å². The molecule has 2 heterocycles. The monoisotopic (exact) mass is 233 g/mol. The van der Waals surface area contributed by atoms with E-state index in [-0.39, 0.29) is 0 Å². The maximum absolute atomic E-state index is 4.60. The highest BCUT2D eigenvalue weighted by Gasteiger charge is 2.26. The molecule has 0 spiro atoms. The third-order valence-electron chi connectivity index (χ3n) is 3.78. The van der Waals surface area contributed by atoms with Gasteiger partial charge in [0.2, 0.25) is 0 Å². The number of hydrogen-bond donors (Lipinski definition) is 1. The van der Waals surface area contributed by atoms with Gasteiger partial charge in [-0.05, 0) is 44.9 Å². The molecule has 1 N–H and O–H groups in total. The normalized spacial score (nSPS) is 26.2. The molecule has 0 aliphatic carbocycles. The minimum Gasteiger partial charge on any atom is -0.354 e. The first-order chi connectivity index (χ1) is 8.11. The summed E-state index contributed by atoms with van der Waals surface area (Å²) in [6.45, 7) is 7.88. The van der Waals surface area contributed by atoms with Gasteiger partial charge >= 0.3 is 0 Å². The largest absolute Gasteiger partial charge is 0.354 e. The van der Waals surface area contributed by atoms with Crippen molar-refractivity contribution in [1.82, 2.24) is 10.3 Å². The molecule has 3 nitrogen and oxygen atoms in total. The summed E-state index contributed by atoms with van der Waals surface area (Å²) in [5, 5.41) is 3.23. The van der Waals surface area contributed by atoms with Crippen LogP contribution in [0.2, 0.25) is 0 Å². The van der Waals surface area contributed by atoms with Crippen molar-refractivity contribution in [2.75, 3.05) is 18.5 Å². The van der Waals surface area contributed by atoms with Crippen molar-refractivity contribution in [2.45, 2.75) is 39.3 Å². The Labute approximate surface area is 104 Å². The average Bonchev–Trinajstić information content (AvgIpc) is 2.68. The fraction of sp³-hybridized carbons (Fsp3) is 0.643. The van der Waals surface area contributed by atoms with Gasteiger partial charge in [0, 0.05) is 24.8 Å². The Bertz CT molecular complexity index is 360. The van der Waals surface area contributed by atoms with Gasteiger partial charge in [-0.15, -0.1) is 0 Å². The number of nitrogens with zero attached hydrogens (tertiary/aromatic N) is 2. The molecule has 0 aromatic carbocycles. The van der Waals surface area contributed by atoms with Gasteiger partial charge in [-0.2, -0.15) is 0 Å². The Morgan fingerprint density at radius 1 is 1.41 bits per heavy atom. The predicted molar refractivity (Wildman–Crippen MR) is 72.3 cm³/mol. The summed E-state index contributed by atoms with van der Waals surface area (Å²) in [4.78, 5) is 7.02. The molecule has 3 heteroatoms. The van der Waals surface area contributed by atoms with Crippen LogP contribution in [-0.4, -0.2) is 24.6 Å². The molecule has 3 atom stereocenters. The van der Waals surface area contributed by atoms with Gasteiger partial charge in [0.15, 0.2) is 0 Å². The molecule has 0 radical (unpaired) electrons. The van der Waals surface area contributed by atoms with Gasteiger partial charge in [0.1, 0.15) is 5.82 Å². The van der Waals surface area contributed by atoms with Crippen LogP contribution in [0.25, 0.3) is 0 Å².